The second kappa shape index (κ2) is 8.69. The van der Waals surface area contributed by atoms with E-state index in [2.05, 4.69) is 10.6 Å². The number of hydrogen-bond acceptors (Lipinski definition) is 5. The number of amides is 1. The van der Waals surface area contributed by atoms with Gasteiger partial charge in [-0.1, -0.05) is 17.7 Å². The highest BCUT2D eigenvalue weighted by atomic mass is 32.1. The summed E-state index contributed by atoms with van der Waals surface area (Å²) in [6.07, 6.45) is 0. The predicted molar refractivity (Wildman–Crippen MR) is 111 cm³/mol. The number of anilines is 1. The molecule has 2 aromatic carbocycles. The molecule has 0 radical (unpaired) electrons. The first-order valence-corrected chi connectivity index (χ1v) is 8.98. The summed E-state index contributed by atoms with van der Waals surface area (Å²) in [5, 5.41) is 15.0. The van der Waals surface area contributed by atoms with Crippen molar-refractivity contribution in [2.24, 2.45) is 0 Å². The van der Waals surface area contributed by atoms with Crippen molar-refractivity contribution >= 4 is 28.9 Å². The van der Waals surface area contributed by atoms with E-state index in [0.717, 1.165) is 5.56 Å². The summed E-state index contributed by atoms with van der Waals surface area (Å²) in [4.78, 5) is 12.3. The third kappa shape index (κ3) is 4.57. The number of furan rings is 1. The summed E-state index contributed by atoms with van der Waals surface area (Å²) in [7, 11) is 1.56. The van der Waals surface area contributed by atoms with Crippen molar-refractivity contribution < 1.29 is 19.1 Å². The summed E-state index contributed by atoms with van der Waals surface area (Å²) < 4.78 is 11.0. The molecule has 0 saturated carbocycles. The molecule has 1 amide bonds. The largest absolute Gasteiger partial charge is 0.496 e. The molecule has 0 spiro atoms. The zero-order chi connectivity index (χ0) is 20.1. The van der Waals surface area contributed by atoms with Gasteiger partial charge in [0.05, 0.1) is 12.7 Å². The molecule has 28 heavy (non-hydrogen) atoms. The van der Waals surface area contributed by atoms with E-state index >= 15 is 0 Å². The lowest BCUT2D eigenvalue weighted by Gasteiger charge is -2.12. The molecule has 0 fully saturated rings. The number of methoxy groups -OCH3 is 1. The number of ether oxygens (including phenoxy) is 1. The predicted octanol–water partition coefficient (Wildman–Crippen LogP) is 3.88. The SMILES string of the molecule is COc1ccc(NC(=S)NC(=O)c2cccc(C)c2)cc1-c1ccc(CO)o1. The van der Waals surface area contributed by atoms with Crippen molar-refractivity contribution in [2.45, 2.75) is 13.5 Å². The zero-order valence-electron chi connectivity index (χ0n) is 15.5. The maximum Gasteiger partial charge on any atom is 0.257 e. The number of rotatable bonds is 5. The Morgan fingerprint density at radius 3 is 2.68 bits per heavy atom. The molecule has 0 aliphatic carbocycles. The van der Waals surface area contributed by atoms with Crippen LogP contribution in [-0.4, -0.2) is 23.2 Å². The monoisotopic (exact) mass is 396 g/mol. The maximum atomic E-state index is 12.3. The second-order valence-corrected chi connectivity index (χ2v) is 6.53. The highest BCUT2D eigenvalue weighted by Crippen LogP contribution is 2.33. The van der Waals surface area contributed by atoms with Gasteiger partial charge in [-0.05, 0) is 61.6 Å². The number of hydrogen-bond donors (Lipinski definition) is 3. The number of carbonyl (C=O) groups excluding carboxylic acids is 1. The Kier molecular flexibility index (Phi) is 6.08. The van der Waals surface area contributed by atoms with E-state index in [1.807, 2.05) is 19.1 Å². The van der Waals surface area contributed by atoms with E-state index in [-0.39, 0.29) is 17.6 Å². The van der Waals surface area contributed by atoms with Crippen molar-refractivity contribution in [3.63, 3.8) is 0 Å². The normalized spacial score (nSPS) is 10.4. The second-order valence-electron chi connectivity index (χ2n) is 6.12. The Morgan fingerprint density at radius 2 is 2.00 bits per heavy atom. The number of aryl methyl sites for hydroxylation is 1. The summed E-state index contributed by atoms with van der Waals surface area (Å²) in [6, 6.07) is 16.1. The fourth-order valence-corrected chi connectivity index (χ4v) is 2.92. The van der Waals surface area contributed by atoms with Crippen LogP contribution in [0, 0.1) is 6.92 Å². The Hall–Kier alpha value is -3.16. The molecule has 1 heterocycles. The smallest absolute Gasteiger partial charge is 0.257 e. The lowest BCUT2D eigenvalue weighted by molar-refractivity contribution is 0.0977. The molecular formula is C21H20N2O4S. The van der Waals surface area contributed by atoms with Crippen molar-refractivity contribution in [1.82, 2.24) is 5.32 Å². The molecule has 1 aromatic heterocycles. The van der Waals surface area contributed by atoms with Gasteiger partial charge in [0.15, 0.2) is 5.11 Å². The lowest BCUT2D eigenvalue weighted by atomic mass is 10.1. The van der Waals surface area contributed by atoms with Gasteiger partial charge in [-0.25, -0.2) is 0 Å². The van der Waals surface area contributed by atoms with Gasteiger partial charge >= 0.3 is 0 Å². The van der Waals surface area contributed by atoms with Crippen LogP contribution in [0.15, 0.2) is 59.0 Å². The average Bonchev–Trinajstić information content (AvgIpc) is 3.17. The first-order chi connectivity index (χ1) is 13.5. The van der Waals surface area contributed by atoms with Gasteiger partial charge in [0.25, 0.3) is 5.91 Å². The van der Waals surface area contributed by atoms with E-state index < -0.39 is 0 Å². The molecule has 3 aromatic rings. The van der Waals surface area contributed by atoms with Crippen LogP contribution in [0.4, 0.5) is 5.69 Å². The van der Waals surface area contributed by atoms with Crippen molar-refractivity contribution in [3.05, 3.63) is 71.5 Å². The fraction of sp³-hybridized carbons (Fsp3) is 0.143. The minimum atomic E-state index is -0.284. The summed E-state index contributed by atoms with van der Waals surface area (Å²) in [6.45, 7) is 1.73. The van der Waals surface area contributed by atoms with Crippen LogP contribution in [0.1, 0.15) is 21.7 Å². The molecule has 0 unspecified atom stereocenters. The number of nitrogens with one attached hydrogen (secondary N) is 2. The van der Waals surface area contributed by atoms with Crippen molar-refractivity contribution in [2.75, 3.05) is 12.4 Å². The van der Waals surface area contributed by atoms with E-state index in [1.165, 1.54) is 0 Å². The van der Waals surface area contributed by atoms with Gasteiger partial charge in [0.2, 0.25) is 0 Å². The average molecular weight is 396 g/mol. The van der Waals surface area contributed by atoms with Crippen molar-refractivity contribution in [3.8, 4) is 17.1 Å². The Morgan fingerprint density at radius 1 is 1.18 bits per heavy atom. The molecule has 0 bridgehead atoms. The topological polar surface area (TPSA) is 83.7 Å². The van der Waals surface area contributed by atoms with Crippen LogP contribution in [0.2, 0.25) is 0 Å². The zero-order valence-corrected chi connectivity index (χ0v) is 16.3. The quantitative estimate of drug-likeness (QED) is 0.568. The lowest BCUT2D eigenvalue weighted by Crippen LogP contribution is -2.34. The standard InChI is InChI=1S/C21H20N2O4S/c1-13-4-3-5-14(10-13)20(25)23-21(28)22-15-6-8-18(26-2)17(11-15)19-9-7-16(12-24)27-19/h3-11,24H,12H2,1-2H3,(H2,22,23,25,28). The number of thiocarbonyl (C=S) groups is 1. The van der Waals surface area contributed by atoms with Gasteiger partial charge in [-0.3, -0.25) is 10.1 Å². The summed E-state index contributed by atoms with van der Waals surface area (Å²) in [5.41, 5.74) is 2.88. The Bertz CT molecular complexity index is 1010. The summed E-state index contributed by atoms with van der Waals surface area (Å²) >= 11 is 5.26. The van der Waals surface area contributed by atoms with Gasteiger partial charge in [-0.2, -0.15) is 0 Å². The van der Waals surface area contributed by atoms with Crippen LogP contribution < -0.4 is 15.4 Å². The molecule has 144 valence electrons. The first kappa shape index (κ1) is 19.6. The minimum absolute atomic E-state index is 0.179. The first-order valence-electron chi connectivity index (χ1n) is 8.57. The molecule has 3 rings (SSSR count). The molecular weight excluding hydrogens is 376 g/mol. The van der Waals surface area contributed by atoms with Crippen molar-refractivity contribution in [1.29, 1.82) is 0 Å². The Labute approximate surface area is 168 Å². The number of carbonyl (C=O) groups is 1. The molecule has 3 N–H and O–H groups in total. The molecule has 0 saturated heterocycles. The molecule has 0 aliphatic heterocycles. The van der Waals surface area contributed by atoms with Crippen LogP contribution in [0.25, 0.3) is 11.3 Å². The summed E-state index contributed by atoms with van der Waals surface area (Å²) in [5.74, 6) is 1.34. The molecule has 7 heteroatoms. The molecule has 0 aliphatic rings. The number of aliphatic hydroxyl groups excluding tert-OH is 1. The third-order valence-electron chi connectivity index (χ3n) is 4.05. The molecule has 6 nitrogen and oxygen atoms in total. The van der Waals surface area contributed by atoms with Gasteiger partial charge in [0, 0.05) is 11.3 Å². The van der Waals surface area contributed by atoms with Crippen LogP contribution in [0.5, 0.6) is 5.75 Å². The third-order valence-corrected chi connectivity index (χ3v) is 4.25. The Balaban J connectivity index is 1.75. The molecule has 0 atom stereocenters. The number of benzene rings is 2. The fourth-order valence-electron chi connectivity index (χ4n) is 2.71. The minimum Gasteiger partial charge on any atom is -0.496 e. The van der Waals surface area contributed by atoms with E-state index in [1.54, 1.807) is 49.6 Å². The highest BCUT2D eigenvalue weighted by molar-refractivity contribution is 7.80. The number of aliphatic hydroxyl groups is 1. The van der Waals surface area contributed by atoms with Crippen LogP contribution in [0.3, 0.4) is 0 Å². The van der Waals surface area contributed by atoms with E-state index in [4.69, 9.17) is 21.4 Å². The highest BCUT2D eigenvalue weighted by Gasteiger charge is 2.13. The van der Waals surface area contributed by atoms with Crippen LogP contribution >= 0.6 is 12.2 Å². The maximum absolute atomic E-state index is 12.3. The van der Waals surface area contributed by atoms with E-state index in [9.17, 15) is 9.90 Å². The van der Waals surface area contributed by atoms with Gasteiger partial charge < -0.3 is 19.6 Å². The van der Waals surface area contributed by atoms with Gasteiger partial charge in [0.1, 0.15) is 23.9 Å². The van der Waals surface area contributed by atoms with E-state index in [0.29, 0.717) is 34.1 Å². The van der Waals surface area contributed by atoms with Crippen LogP contribution in [-0.2, 0) is 6.61 Å². The van der Waals surface area contributed by atoms with Gasteiger partial charge in [-0.15, -0.1) is 0 Å².